The van der Waals surface area contributed by atoms with Crippen molar-refractivity contribution in [3.63, 3.8) is 0 Å². The van der Waals surface area contributed by atoms with Gasteiger partial charge in [-0.15, -0.1) is 0 Å². The number of furan rings is 1. The maximum Gasteiger partial charge on any atom is 0.291 e. The molecule has 0 aliphatic carbocycles. The van der Waals surface area contributed by atoms with Crippen LogP contribution < -0.4 is 19.5 Å². The third kappa shape index (κ3) is 4.59. The third-order valence-electron chi connectivity index (χ3n) is 4.71. The van der Waals surface area contributed by atoms with Gasteiger partial charge in [0.15, 0.2) is 5.76 Å². The number of carbonyl (C=O) groups excluding carboxylic acids is 1. The van der Waals surface area contributed by atoms with Gasteiger partial charge in [-0.3, -0.25) is 4.79 Å². The molecule has 2 aromatic carbocycles. The maximum atomic E-state index is 12.8. The predicted molar refractivity (Wildman–Crippen MR) is 116 cm³/mol. The van der Waals surface area contributed by atoms with Crippen molar-refractivity contribution in [1.82, 2.24) is 0 Å². The van der Waals surface area contributed by atoms with Gasteiger partial charge in [0.25, 0.3) is 11.9 Å². The fraction of sp³-hybridized carbons (Fsp3) is 0.292. The Labute approximate surface area is 176 Å². The van der Waals surface area contributed by atoms with Crippen molar-refractivity contribution in [2.45, 2.75) is 33.6 Å². The van der Waals surface area contributed by atoms with Crippen LogP contribution in [0, 0.1) is 13.8 Å². The summed E-state index contributed by atoms with van der Waals surface area (Å²) in [4.78, 5) is 12.8. The number of hydrogen-bond acceptors (Lipinski definition) is 5. The van der Waals surface area contributed by atoms with Crippen LogP contribution in [0.25, 0.3) is 0 Å². The molecule has 0 saturated heterocycles. The third-order valence-corrected chi connectivity index (χ3v) is 4.71. The molecule has 30 heavy (non-hydrogen) atoms. The van der Waals surface area contributed by atoms with Gasteiger partial charge in [-0.05, 0) is 55.2 Å². The first-order valence-electron chi connectivity index (χ1n) is 9.87. The van der Waals surface area contributed by atoms with Crippen molar-refractivity contribution in [2.24, 2.45) is 0 Å². The summed E-state index contributed by atoms with van der Waals surface area (Å²) in [5.41, 5.74) is 3.52. The summed E-state index contributed by atoms with van der Waals surface area (Å²) in [5, 5.41) is 2.81. The highest BCUT2D eigenvalue weighted by Gasteiger charge is 2.19. The topological polar surface area (TPSA) is 69.9 Å². The van der Waals surface area contributed by atoms with Crippen LogP contribution in [0.2, 0.25) is 0 Å². The van der Waals surface area contributed by atoms with E-state index in [-0.39, 0.29) is 11.7 Å². The quantitative estimate of drug-likeness (QED) is 0.501. The van der Waals surface area contributed by atoms with Gasteiger partial charge in [0.05, 0.1) is 14.2 Å². The van der Waals surface area contributed by atoms with Crippen molar-refractivity contribution in [2.75, 3.05) is 19.5 Å². The average molecular weight is 409 g/mol. The second-order valence-corrected chi connectivity index (χ2v) is 7.03. The number of ether oxygens (including phenoxy) is 3. The Morgan fingerprint density at radius 1 is 1.03 bits per heavy atom. The van der Waals surface area contributed by atoms with Gasteiger partial charge < -0.3 is 23.9 Å². The zero-order valence-corrected chi connectivity index (χ0v) is 18.0. The van der Waals surface area contributed by atoms with Gasteiger partial charge >= 0.3 is 0 Å². The summed E-state index contributed by atoms with van der Waals surface area (Å²) in [6.45, 7) is 6.03. The number of amides is 1. The van der Waals surface area contributed by atoms with E-state index in [9.17, 15) is 4.79 Å². The van der Waals surface area contributed by atoms with Gasteiger partial charge in [-0.2, -0.15) is 0 Å². The Morgan fingerprint density at radius 2 is 1.73 bits per heavy atom. The van der Waals surface area contributed by atoms with Crippen molar-refractivity contribution < 1.29 is 23.4 Å². The standard InChI is InChI=1S/C24H27NO5/c1-6-8-17-10-7-9-16(3)23(17)30-21-12-11-18(29-21)24(26)25-22-19(27-4)13-15(2)14-20(22)28-5/h7,9-14H,6,8H2,1-5H3,(H,25,26). The molecule has 1 aromatic heterocycles. The molecule has 6 nitrogen and oxygen atoms in total. The fourth-order valence-corrected chi connectivity index (χ4v) is 3.26. The van der Waals surface area contributed by atoms with Crippen LogP contribution in [0.1, 0.15) is 40.6 Å². The zero-order valence-electron chi connectivity index (χ0n) is 18.0. The second-order valence-electron chi connectivity index (χ2n) is 7.03. The summed E-state index contributed by atoms with van der Waals surface area (Å²) in [6, 6.07) is 12.9. The molecular formula is C24H27NO5. The number of nitrogens with one attached hydrogen (secondary N) is 1. The van der Waals surface area contributed by atoms with Gasteiger partial charge in [0.2, 0.25) is 0 Å². The molecule has 158 valence electrons. The molecule has 0 unspecified atom stereocenters. The number of anilines is 1. The van der Waals surface area contributed by atoms with Crippen LogP contribution in [-0.2, 0) is 6.42 Å². The maximum absolute atomic E-state index is 12.8. The molecule has 1 N–H and O–H groups in total. The van der Waals surface area contributed by atoms with Crippen LogP contribution in [0.5, 0.6) is 23.2 Å². The summed E-state index contributed by atoms with van der Waals surface area (Å²) < 4.78 is 22.4. The molecule has 0 aliphatic rings. The lowest BCUT2D eigenvalue weighted by molar-refractivity contribution is 0.0991. The Morgan fingerprint density at radius 3 is 2.37 bits per heavy atom. The molecule has 3 aromatic rings. The highest BCUT2D eigenvalue weighted by molar-refractivity contribution is 6.04. The number of methoxy groups -OCH3 is 2. The van der Waals surface area contributed by atoms with Crippen molar-refractivity contribution in [3.05, 3.63) is 64.9 Å². The molecular weight excluding hydrogens is 382 g/mol. The normalized spacial score (nSPS) is 10.6. The summed E-state index contributed by atoms with van der Waals surface area (Å²) in [6.07, 6.45) is 1.91. The first-order chi connectivity index (χ1) is 14.5. The number of benzene rings is 2. The van der Waals surface area contributed by atoms with Gasteiger partial charge in [-0.25, -0.2) is 0 Å². The Hall–Kier alpha value is -3.41. The molecule has 0 fully saturated rings. The SMILES string of the molecule is CCCc1cccc(C)c1Oc1ccc(C(=O)Nc2c(OC)cc(C)cc2OC)o1. The first-order valence-corrected chi connectivity index (χ1v) is 9.87. The number of rotatable bonds is 8. The molecule has 0 saturated carbocycles. The smallest absolute Gasteiger partial charge is 0.291 e. The molecule has 0 spiro atoms. The average Bonchev–Trinajstić information content (AvgIpc) is 3.20. The Kier molecular flexibility index (Phi) is 6.67. The highest BCUT2D eigenvalue weighted by atomic mass is 16.6. The number of carbonyl (C=O) groups is 1. The summed E-state index contributed by atoms with van der Waals surface area (Å²) >= 11 is 0. The van der Waals surface area contributed by atoms with Crippen LogP contribution in [-0.4, -0.2) is 20.1 Å². The van der Waals surface area contributed by atoms with E-state index in [4.69, 9.17) is 18.6 Å². The van der Waals surface area contributed by atoms with E-state index in [1.54, 1.807) is 26.4 Å². The molecule has 1 amide bonds. The lowest BCUT2D eigenvalue weighted by atomic mass is 10.1. The van der Waals surface area contributed by atoms with Crippen LogP contribution >= 0.6 is 0 Å². The summed E-state index contributed by atoms with van der Waals surface area (Å²) in [5.74, 6) is 1.74. The van der Waals surface area contributed by atoms with Gasteiger partial charge in [-0.1, -0.05) is 31.5 Å². The van der Waals surface area contributed by atoms with Crippen molar-refractivity contribution >= 4 is 11.6 Å². The Balaban J connectivity index is 1.82. The fourth-order valence-electron chi connectivity index (χ4n) is 3.26. The molecule has 6 heteroatoms. The lowest BCUT2D eigenvalue weighted by Crippen LogP contribution is -2.13. The van der Waals surface area contributed by atoms with Crippen molar-refractivity contribution in [1.29, 1.82) is 0 Å². The van der Waals surface area contributed by atoms with E-state index < -0.39 is 5.91 Å². The van der Waals surface area contributed by atoms with Crippen LogP contribution in [0.15, 0.2) is 46.9 Å². The lowest BCUT2D eigenvalue weighted by Gasteiger charge is -2.14. The van der Waals surface area contributed by atoms with E-state index in [2.05, 4.69) is 12.2 Å². The van der Waals surface area contributed by atoms with E-state index in [1.165, 1.54) is 0 Å². The minimum atomic E-state index is -0.427. The summed E-state index contributed by atoms with van der Waals surface area (Å²) in [7, 11) is 3.08. The van der Waals surface area contributed by atoms with E-state index in [1.807, 2.05) is 44.2 Å². The largest absolute Gasteiger partial charge is 0.494 e. The first kappa shape index (κ1) is 21.3. The molecule has 0 radical (unpaired) electrons. The molecule has 1 heterocycles. The van der Waals surface area contributed by atoms with Crippen molar-refractivity contribution in [3.8, 4) is 23.2 Å². The van der Waals surface area contributed by atoms with E-state index >= 15 is 0 Å². The van der Waals surface area contributed by atoms with Gasteiger partial charge in [0.1, 0.15) is 22.9 Å². The molecule has 0 aliphatic heterocycles. The second kappa shape index (κ2) is 9.39. The van der Waals surface area contributed by atoms with Gasteiger partial charge in [0, 0.05) is 6.07 Å². The monoisotopic (exact) mass is 409 g/mol. The molecule has 3 rings (SSSR count). The predicted octanol–water partition coefficient (Wildman–Crippen LogP) is 5.91. The number of para-hydroxylation sites is 1. The Bertz CT molecular complexity index is 1010. The van der Waals surface area contributed by atoms with E-state index in [0.717, 1.165) is 35.3 Å². The molecule has 0 atom stereocenters. The van der Waals surface area contributed by atoms with Crippen LogP contribution in [0.3, 0.4) is 0 Å². The number of aryl methyl sites for hydroxylation is 3. The minimum Gasteiger partial charge on any atom is -0.494 e. The number of hydrogen-bond donors (Lipinski definition) is 1. The zero-order chi connectivity index (χ0) is 21.7. The van der Waals surface area contributed by atoms with E-state index in [0.29, 0.717) is 17.2 Å². The minimum absolute atomic E-state index is 0.125. The molecule has 0 bridgehead atoms. The highest BCUT2D eigenvalue weighted by Crippen LogP contribution is 2.37. The van der Waals surface area contributed by atoms with Crippen LogP contribution in [0.4, 0.5) is 5.69 Å².